The van der Waals surface area contributed by atoms with E-state index in [1.807, 2.05) is 12.3 Å². The van der Waals surface area contributed by atoms with Crippen molar-refractivity contribution >= 4 is 17.9 Å². The molecule has 3 heterocycles. The molecule has 1 saturated heterocycles. The van der Waals surface area contributed by atoms with Gasteiger partial charge in [-0.05, 0) is 50.5 Å². The van der Waals surface area contributed by atoms with Gasteiger partial charge in [0.25, 0.3) is 0 Å². The van der Waals surface area contributed by atoms with Gasteiger partial charge >= 0.3 is 0 Å². The molecular weight excluding hydrogens is 328 g/mol. The van der Waals surface area contributed by atoms with Crippen LogP contribution in [-0.4, -0.2) is 47.1 Å². The highest BCUT2D eigenvalue weighted by Crippen LogP contribution is 2.39. The van der Waals surface area contributed by atoms with Gasteiger partial charge in [-0.2, -0.15) is 5.11 Å². The summed E-state index contributed by atoms with van der Waals surface area (Å²) in [4.78, 5) is 9.93. The SMILES string of the molecule is N=N/C(=C1\NC=Nc2[nH]ccc21)[C@H]1CC[C@H](CN2CCC(O)CC2)CC1. The minimum Gasteiger partial charge on any atom is -0.393 e. The quantitative estimate of drug-likeness (QED) is 0.623. The van der Waals surface area contributed by atoms with Crippen molar-refractivity contribution in [1.82, 2.24) is 15.2 Å². The molecule has 0 aromatic carbocycles. The number of rotatable bonds is 4. The van der Waals surface area contributed by atoms with Crippen LogP contribution in [0, 0.1) is 17.4 Å². The summed E-state index contributed by atoms with van der Waals surface area (Å²) in [6.45, 7) is 3.20. The van der Waals surface area contributed by atoms with E-state index in [1.165, 1.54) is 12.8 Å². The number of hydrogen-bond acceptors (Lipinski definition) is 6. The Bertz CT molecular complexity index is 693. The number of H-pyrrole nitrogens is 1. The van der Waals surface area contributed by atoms with Crippen LogP contribution in [-0.2, 0) is 0 Å². The number of piperidine rings is 1. The molecule has 4 rings (SSSR count). The minimum atomic E-state index is -0.0975. The summed E-state index contributed by atoms with van der Waals surface area (Å²) in [7, 11) is 0. The second-order valence-corrected chi connectivity index (χ2v) is 7.76. The summed E-state index contributed by atoms with van der Waals surface area (Å²) in [5.41, 5.74) is 10.5. The fourth-order valence-corrected chi connectivity index (χ4v) is 4.56. The standard InChI is InChI=1S/C19H28N6O/c20-24-17(18-16-5-8-21-19(16)23-12-22-18)14-3-1-13(2-4-14)11-25-9-6-15(26)7-10-25/h5,8,12-15,20-21,26H,1-4,6-7,9-11H2,(H,22,23)/b18-17-,24-20?/t13-,14-. The van der Waals surface area contributed by atoms with Crippen molar-refractivity contribution in [3.63, 3.8) is 0 Å². The van der Waals surface area contributed by atoms with E-state index in [1.54, 1.807) is 6.34 Å². The topological polar surface area (TPSA) is 99.9 Å². The van der Waals surface area contributed by atoms with E-state index in [4.69, 9.17) is 5.53 Å². The van der Waals surface area contributed by atoms with Crippen LogP contribution in [0.3, 0.4) is 0 Å². The van der Waals surface area contributed by atoms with Crippen LogP contribution in [0.5, 0.6) is 0 Å². The van der Waals surface area contributed by atoms with E-state index in [9.17, 15) is 5.11 Å². The van der Waals surface area contributed by atoms with Gasteiger partial charge in [-0.15, -0.1) is 0 Å². The fraction of sp³-hybridized carbons (Fsp3) is 0.632. The first-order valence-electron chi connectivity index (χ1n) is 9.73. The summed E-state index contributed by atoms with van der Waals surface area (Å²) in [6.07, 6.45) is 9.82. The second kappa shape index (κ2) is 7.72. The normalized spacial score (nSPS) is 29.1. The third-order valence-corrected chi connectivity index (χ3v) is 6.08. The van der Waals surface area contributed by atoms with Crippen LogP contribution in [0.2, 0.25) is 0 Å². The molecule has 0 unspecified atom stereocenters. The lowest BCUT2D eigenvalue weighted by atomic mass is 9.79. The number of aromatic amines is 1. The Morgan fingerprint density at radius 1 is 1.23 bits per heavy atom. The molecule has 1 aromatic rings. The van der Waals surface area contributed by atoms with E-state index in [0.717, 1.165) is 74.0 Å². The summed E-state index contributed by atoms with van der Waals surface area (Å²) < 4.78 is 0. The summed E-state index contributed by atoms with van der Waals surface area (Å²) in [6, 6.07) is 2.00. The van der Waals surface area contributed by atoms with Crippen LogP contribution in [0.4, 0.5) is 5.82 Å². The van der Waals surface area contributed by atoms with E-state index < -0.39 is 0 Å². The zero-order valence-corrected chi connectivity index (χ0v) is 15.1. The van der Waals surface area contributed by atoms with Crippen molar-refractivity contribution < 1.29 is 5.11 Å². The van der Waals surface area contributed by atoms with Crippen LogP contribution >= 0.6 is 0 Å². The molecule has 140 valence electrons. The molecule has 0 bridgehead atoms. The van der Waals surface area contributed by atoms with Gasteiger partial charge in [0.2, 0.25) is 0 Å². The van der Waals surface area contributed by atoms with Gasteiger partial charge in [0, 0.05) is 37.3 Å². The Kier molecular flexibility index (Phi) is 5.17. The lowest BCUT2D eigenvalue weighted by Gasteiger charge is -2.35. The number of hydrogen-bond donors (Lipinski definition) is 4. The molecule has 0 radical (unpaired) electrons. The molecule has 4 N–H and O–H groups in total. The Balaban J connectivity index is 1.39. The molecule has 0 atom stereocenters. The molecule has 7 heteroatoms. The van der Waals surface area contributed by atoms with E-state index in [2.05, 4.69) is 25.3 Å². The van der Waals surface area contributed by atoms with Crippen LogP contribution in [0.1, 0.15) is 44.1 Å². The first-order chi connectivity index (χ1) is 12.7. The number of fused-ring (bicyclic) bond motifs is 1. The predicted octanol–water partition coefficient (Wildman–Crippen LogP) is 3.24. The zero-order valence-electron chi connectivity index (χ0n) is 15.1. The number of aromatic nitrogens is 1. The monoisotopic (exact) mass is 356 g/mol. The summed E-state index contributed by atoms with van der Waals surface area (Å²) in [5, 5.41) is 16.8. The maximum Gasteiger partial charge on any atom is 0.141 e. The number of likely N-dealkylation sites (tertiary alicyclic amines) is 1. The summed E-state index contributed by atoms with van der Waals surface area (Å²) in [5.74, 6) is 1.90. The van der Waals surface area contributed by atoms with Gasteiger partial charge in [0.15, 0.2) is 0 Å². The molecule has 1 saturated carbocycles. The molecule has 1 aromatic heterocycles. The summed E-state index contributed by atoms with van der Waals surface area (Å²) >= 11 is 0. The lowest BCUT2D eigenvalue weighted by molar-refractivity contribution is 0.0695. The lowest BCUT2D eigenvalue weighted by Crippen LogP contribution is -2.39. The van der Waals surface area contributed by atoms with Gasteiger partial charge in [-0.3, -0.25) is 0 Å². The fourth-order valence-electron chi connectivity index (χ4n) is 4.56. The van der Waals surface area contributed by atoms with Crippen molar-refractivity contribution in [2.75, 3.05) is 19.6 Å². The second-order valence-electron chi connectivity index (χ2n) is 7.76. The highest BCUT2D eigenvalue weighted by molar-refractivity contribution is 5.87. The maximum absolute atomic E-state index is 9.66. The number of aliphatic hydroxyl groups is 1. The molecule has 0 spiro atoms. The first-order valence-corrected chi connectivity index (χ1v) is 9.73. The van der Waals surface area contributed by atoms with Crippen LogP contribution < -0.4 is 5.32 Å². The van der Waals surface area contributed by atoms with Gasteiger partial charge in [0.1, 0.15) is 5.82 Å². The number of nitrogens with zero attached hydrogens (tertiary/aromatic N) is 3. The van der Waals surface area contributed by atoms with Crippen LogP contribution in [0.15, 0.2) is 28.1 Å². The van der Waals surface area contributed by atoms with Gasteiger partial charge < -0.3 is 20.3 Å². The van der Waals surface area contributed by atoms with Gasteiger partial charge in [-0.25, -0.2) is 10.5 Å². The number of nitrogens with one attached hydrogen (secondary N) is 3. The van der Waals surface area contributed by atoms with E-state index in [0.29, 0.717) is 5.92 Å². The van der Waals surface area contributed by atoms with Crippen molar-refractivity contribution in [3.8, 4) is 0 Å². The average Bonchev–Trinajstić information content (AvgIpc) is 3.15. The molecule has 2 aliphatic heterocycles. The van der Waals surface area contributed by atoms with Crippen molar-refractivity contribution in [2.45, 2.75) is 44.6 Å². The maximum atomic E-state index is 9.66. The zero-order chi connectivity index (χ0) is 17.9. The largest absolute Gasteiger partial charge is 0.393 e. The minimum absolute atomic E-state index is 0.0975. The molecule has 26 heavy (non-hydrogen) atoms. The third kappa shape index (κ3) is 3.59. The van der Waals surface area contributed by atoms with Crippen molar-refractivity contribution in [1.29, 1.82) is 5.53 Å². The number of aliphatic hydroxyl groups excluding tert-OH is 1. The molecule has 1 aliphatic carbocycles. The van der Waals surface area contributed by atoms with Gasteiger partial charge in [-0.1, -0.05) is 0 Å². The Morgan fingerprint density at radius 3 is 2.73 bits per heavy atom. The Hall–Kier alpha value is -1.99. The molecule has 2 fully saturated rings. The average molecular weight is 356 g/mol. The molecule has 0 amide bonds. The Morgan fingerprint density at radius 2 is 2.00 bits per heavy atom. The van der Waals surface area contributed by atoms with Gasteiger partial charge in [0.05, 0.1) is 23.8 Å². The number of aliphatic imine (C=N–C) groups is 1. The smallest absolute Gasteiger partial charge is 0.141 e. The predicted molar refractivity (Wildman–Crippen MR) is 101 cm³/mol. The Labute approximate surface area is 154 Å². The van der Waals surface area contributed by atoms with Crippen LogP contribution in [0.25, 0.3) is 5.70 Å². The molecule has 3 aliphatic rings. The van der Waals surface area contributed by atoms with Crippen molar-refractivity contribution in [3.05, 3.63) is 23.5 Å². The molecular formula is C19H28N6O. The molecule has 7 nitrogen and oxygen atoms in total. The highest BCUT2D eigenvalue weighted by atomic mass is 16.3. The number of allylic oxidation sites excluding steroid dienone is 1. The third-order valence-electron chi connectivity index (χ3n) is 6.08. The first kappa shape index (κ1) is 17.4. The van der Waals surface area contributed by atoms with Crippen molar-refractivity contribution in [2.24, 2.45) is 21.9 Å². The van der Waals surface area contributed by atoms with E-state index >= 15 is 0 Å². The highest BCUT2D eigenvalue weighted by Gasteiger charge is 2.29. The van der Waals surface area contributed by atoms with E-state index in [-0.39, 0.29) is 6.10 Å².